The van der Waals surface area contributed by atoms with Gasteiger partial charge in [0.05, 0.1) is 45.1 Å². The summed E-state index contributed by atoms with van der Waals surface area (Å²) in [4.78, 5) is 22.1. The van der Waals surface area contributed by atoms with Crippen LogP contribution in [0.25, 0.3) is 0 Å². The number of rotatable bonds is 10. The molecule has 0 bridgehead atoms. The van der Waals surface area contributed by atoms with Crippen molar-refractivity contribution in [2.75, 3.05) is 34.0 Å². The van der Waals surface area contributed by atoms with E-state index in [1.165, 1.54) is 39.9 Å². The molecule has 2 rings (SSSR count). The molecule has 1 fully saturated rings. The van der Waals surface area contributed by atoms with E-state index in [-0.39, 0.29) is 12.4 Å². The predicted octanol–water partition coefficient (Wildman–Crippen LogP) is 4.64. The van der Waals surface area contributed by atoms with Crippen LogP contribution in [0.1, 0.15) is 72.6 Å². The van der Waals surface area contributed by atoms with Crippen molar-refractivity contribution >= 4 is 12.1 Å². The largest absolute Gasteiger partial charge is 0.469 e. The first kappa shape index (κ1) is 27.4. The van der Waals surface area contributed by atoms with Crippen molar-refractivity contribution < 1.29 is 28.5 Å². The van der Waals surface area contributed by atoms with E-state index in [1.54, 1.807) is 6.42 Å². The number of carbonyl (C=O) groups excluding carboxylic acids is 2. The standard InChI is InChI=1S/C15H29NO6.C9H14/c1-14(2,21-9-7-12(17)19-5)8-10-22-15(3,4)11-16-13(18)20-6;1-2-4-6-9-7-8(9)5-3-1/h7-11H2,1-6H3,(H,16,18);1-2,8-9H,3-7H2/b;2-1-. The third kappa shape index (κ3) is 13.4. The predicted molar refractivity (Wildman–Crippen MR) is 121 cm³/mol. The molecule has 7 nitrogen and oxygen atoms in total. The van der Waals surface area contributed by atoms with E-state index in [0.29, 0.717) is 26.2 Å². The van der Waals surface area contributed by atoms with E-state index < -0.39 is 17.3 Å². The van der Waals surface area contributed by atoms with Gasteiger partial charge < -0.3 is 24.3 Å². The fourth-order valence-electron chi connectivity index (χ4n) is 3.44. The number of carbonyl (C=O) groups is 2. The Bertz CT molecular complexity index is 558. The van der Waals surface area contributed by atoms with Crippen molar-refractivity contribution in [3.63, 3.8) is 0 Å². The van der Waals surface area contributed by atoms with E-state index >= 15 is 0 Å². The van der Waals surface area contributed by atoms with Gasteiger partial charge in [-0.15, -0.1) is 0 Å². The number of allylic oxidation sites excluding steroid dienone is 2. The van der Waals surface area contributed by atoms with Crippen molar-refractivity contribution in [1.29, 1.82) is 0 Å². The lowest BCUT2D eigenvalue weighted by atomic mass is 10.1. The summed E-state index contributed by atoms with van der Waals surface area (Å²) in [6.07, 6.45) is 12.3. The van der Waals surface area contributed by atoms with E-state index in [4.69, 9.17) is 9.47 Å². The summed E-state index contributed by atoms with van der Waals surface area (Å²) in [7, 11) is 2.67. The Labute approximate surface area is 188 Å². The SMILES string of the molecule is C1=C\CCC2CC2CC/1.COC(=O)CCOC(C)(C)CCOC(C)(C)CNC(=O)OC. The zero-order chi connectivity index (χ0) is 23.3. The van der Waals surface area contributed by atoms with E-state index in [1.807, 2.05) is 27.7 Å². The highest BCUT2D eigenvalue weighted by atomic mass is 16.5. The van der Waals surface area contributed by atoms with Gasteiger partial charge in [-0.3, -0.25) is 4.79 Å². The summed E-state index contributed by atoms with van der Waals surface area (Å²) in [6.45, 7) is 8.78. The van der Waals surface area contributed by atoms with Crippen molar-refractivity contribution in [2.24, 2.45) is 11.8 Å². The molecular formula is C24H43NO6. The molecule has 180 valence electrons. The molecule has 2 atom stereocenters. The van der Waals surface area contributed by atoms with Crippen LogP contribution >= 0.6 is 0 Å². The summed E-state index contributed by atoms with van der Waals surface area (Å²) in [5.41, 5.74) is -0.907. The van der Waals surface area contributed by atoms with Gasteiger partial charge >= 0.3 is 12.1 Å². The average Bonchev–Trinajstić information content (AvgIpc) is 3.42. The molecule has 0 aromatic heterocycles. The Hall–Kier alpha value is -1.60. The fraction of sp³-hybridized carbons (Fsp3) is 0.833. The minimum absolute atomic E-state index is 0.231. The third-order valence-corrected chi connectivity index (χ3v) is 5.71. The number of amides is 1. The zero-order valence-electron chi connectivity index (χ0n) is 20.3. The van der Waals surface area contributed by atoms with Crippen molar-refractivity contribution in [3.05, 3.63) is 12.2 Å². The van der Waals surface area contributed by atoms with Crippen LogP contribution in [-0.2, 0) is 23.7 Å². The molecule has 1 amide bonds. The summed E-state index contributed by atoms with van der Waals surface area (Å²) in [5, 5.41) is 2.60. The second-order valence-electron chi connectivity index (χ2n) is 9.52. The van der Waals surface area contributed by atoms with Crippen molar-refractivity contribution in [1.82, 2.24) is 5.32 Å². The lowest BCUT2D eigenvalue weighted by Gasteiger charge is -2.29. The minimum atomic E-state index is -0.504. The maximum absolute atomic E-state index is 11.0. The van der Waals surface area contributed by atoms with Gasteiger partial charge in [-0.2, -0.15) is 0 Å². The monoisotopic (exact) mass is 441 g/mol. The number of hydrogen-bond acceptors (Lipinski definition) is 6. The lowest BCUT2D eigenvalue weighted by Crippen LogP contribution is -2.41. The molecule has 0 aliphatic heterocycles. The van der Waals surface area contributed by atoms with E-state index in [0.717, 1.165) is 11.8 Å². The minimum Gasteiger partial charge on any atom is -0.469 e. The lowest BCUT2D eigenvalue weighted by molar-refractivity contribution is -0.143. The summed E-state index contributed by atoms with van der Waals surface area (Å²) in [6, 6.07) is 0. The first-order valence-corrected chi connectivity index (χ1v) is 11.4. The van der Waals surface area contributed by atoms with Crippen LogP contribution in [0.3, 0.4) is 0 Å². The molecule has 2 aliphatic carbocycles. The van der Waals surface area contributed by atoms with E-state index in [2.05, 4.69) is 26.9 Å². The molecule has 0 radical (unpaired) electrons. The molecule has 7 heteroatoms. The van der Waals surface area contributed by atoms with Crippen LogP contribution in [0.15, 0.2) is 12.2 Å². The second-order valence-corrected chi connectivity index (χ2v) is 9.52. The van der Waals surface area contributed by atoms with Gasteiger partial charge in [-0.1, -0.05) is 12.2 Å². The molecule has 0 aromatic rings. The van der Waals surface area contributed by atoms with Crippen LogP contribution in [0.2, 0.25) is 0 Å². The first-order valence-electron chi connectivity index (χ1n) is 11.4. The van der Waals surface area contributed by atoms with Crippen LogP contribution in [0, 0.1) is 11.8 Å². The van der Waals surface area contributed by atoms with Crippen LogP contribution in [-0.4, -0.2) is 57.2 Å². The van der Waals surface area contributed by atoms with Crippen molar-refractivity contribution in [2.45, 2.75) is 83.8 Å². The van der Waals surface area contributed by atoms with Gasteiger partial charge in [0.15, 0.2) is 0 Å². The Morgan fingerprint density at radius 1 is 0.903 bits per heavy atom. The van der Waals surface area contributed by atoms with Gasteiger partial charge in [-0.25, -0.2) is 4.79 Å². The summed E-state index contributed by atoms with van der Waals surface area (Å²) in [5.74, 6) is 1.98. The van der Waals surface area contributed by atoms with Crippen LogP contribution in [0.4, 0.5) is 4.79 Å². The Morgan fingerprint density at radius 2 is 1.48 bits per heavy atom. The topological polar surface area (TPSA) is 83.1 Å². The second kappa shape index (κ2) is 13.7. The number of methoxy groups -OCH3 is 2. The Kier molecular flexibility index (Phi) is 12.2. The Balaban J connectivity index is 0.000000432. The smallest absolute Gasteiger partial charge is 0.406 e. The van der Waals surface area contributed by atoms with Gasteiger partial charge in [-0.05, 0) is 78.1 Å². The maximum atomic E-state index is 11.0. The molecule has 0 heterocycles. The fourth-order valence-corrected chi connectivity index (χ4v) is 3.44. The molecule has 2 aliphatic rings. The summed E-state index contributed by atoms with van der Waals surface area (Å²) >= 11 is 0. The number of alkyl carbamates (subject to hydrolysis) is 1. The third-order valence-electron chi connectivity index (χ3n) is 5.71. The molecule has 0 spiro atoms. The molecular weight excluding hydrogens is 398 g/mol. The van der Waals surface area contributed by atoms with Crippen LogP contribution in [0.5, 0.6) is 0 Å². The normalized spacial score (nSPS) is 21.4. The number of esters is 1. The van der Waals surface area contributed by atoms with E-state index in [9.17, 15) is 9.59 Å². The van der Waals surface area contributed by atoms with Crippen LogP contribution < -0.4 is 5.32 Å². The number of fused-ring (bicyclic) bond motifs is 1. The molecule has 2 unspecified atom stereocenters. The molecule has 1 saturated carbocycles. The van der Waals surface area contributed by atoms with Gasteiger partial charge in [0.1, 0.15) is 0 Å². The quantitative estimate of drug-likeness (QED) is 0.393. The van der Waals surface area contributed by atoms with Crippen molar-refractivity contribution in [3.8, 4) is 0 Å². The number of hydrogen-bond donors (Lipinski definition) is 1. The van der Waals surface area contributed by atoms with Gasteiger partial charge in [0.25, 0.3) is 0 Å². The molecule has 1 N–H and O–H groups in total. The highest BCUT2D eigenvalue weighted by molar-refractivity contribution is 5.69. The molecule has 0 aromatic carbocycles. The molecule has 31 heavy (non-hydrogen) atoms. The van der Waals surface area contributed by atoms with Gasteiger partial charge in [0.2, 0.25) is 0 Å². The van der Waals surface area contributed by atoms with Gasteiger partial charge in [0, 0.05) is 6.54 Å². The highest BCUT2D eigenvalue weighted by Gasteiger charge is 2.35. The zero-order valence-corrected chi connectivity index (χ0v) is 20.3. The number of nitrogens with one attached hydrogen (secondary N) is 1. The maximum Gasteiger partial charge on any atom is 0.406 e. The average molecular weight is 442 g/mol. The molecule has 0 saturated heterocycles. The summed E-state index contributed by atoms with van der Waals surface area (Å²) < 4.78 is 20.5. The highest BCUT2D eigenvalue weighted by Crippen LogP contribution is 2.46. The number of ether oxygens (including phenoxy) is 4. The first-order chi connectivity index (χ1) is 14.6. The Morgan fingerprint density at radius 3 is 2.03 bits per heavy atom.